The number of carbonyl (C=O) groups is 1. The summed E-state index contributed by atoms with van der Waals surface area (Å²) in [5.74, 6) is -1.20. The van der Waals surface area contributed by atoms with Gasteiger partial charge < -0.3 is 5.11 Å². The predicted molar refractivity (Wildman–Crippen MR) is 86.0 cm³/mol. The first-order valence-corrected chi connectivity index (χ1v) is 8.77. The zero-order valence-electron chi connectivity index (χ0n) is 13.1. The number of carboxylic acid groups (broad SMARTS) is 1. The maximum atomic E-state index is 13.0. The molecule has 0 aliphatic heterocycles. The van der Waals surface area contributed by atoms with Crippen LogP contribution in [0.1, 0.15) is 28.8 Å². The van der Waals surface area contributed by atoms with Crippen molar-refractivity contribution in [2.24, 2.45) is 0 Å². The van der Waals surface area contributed by atoms with Crippen LogP contribution in [-0.2, 0) is 16.3 Å². The van der Waals surface area contributed by atoms with E-state index in [1.807, 2.05) is 0 Å². The summed E-state index contributed by atoms with van der Waals surface area (Å²) in [6.07, 6.45) is 0.336. The van der Waals surface area contributed by atoms with Crippen LogP contribution in [0.15, 0.2) is 46.2 Å². The van der Waals surface area contributed by atoms with E-state index in [0.29, 0.717) is 17.8 Å². The second-order valence-electron chi connectivity index (χ2n) is 5.27. The smallest absolute Gasteiger partial charge is 0.354 e. The average molecular weight is 345 g/mol. The summed E-state index contributed by atoms with van der Waals surface area (Å²) < 4.78 is 27.2. The lowest BCUT2D eigenvalue weighted by Crippen LogP contribution is -2.09. The summed E-state index contributed by atoms with van der Waals surface area (Å²) in [5, 5.41) is 13.5. The molecule has 0 aliphatic carbocycles. The predicted octanol–water partition coefficient (Wildman–Crippen LogP) is 2.13. The van der Waals surface area contributed by atoms with Crippen LogP contribution in [-0.4, -0.2) is 34.1 Å². The van der Waals surface area contributed by atoms with E-state index in [4.69, 9.17) is 0 Å². The van der Waals surface area contributed by atoms with Gasteiger partial charge in [-0.25, -0.2) is 22.7 Å². The van der Waals surface area contributed by atoms with Crippen LogP contribution in [0.3, 0.4) is 0 Å². The minimum absolute atomic E-state index is 0.0353. The zero-order valence-corrected chi connectivity index (χ0v) is 13.9. The number of hydrogen-bond acceptors (Lipinski definition) is 5. The number of fused-ring (bicyclic) bond motifs is 1. The fourth-order valence-electron chi connectivity index (χ4n) is 2.54. The Morgan fingerprint density at radius 3 is 2.50 bits per heavy atom. The third-order valence-corrected chi connectivity index (χ3v) is 5.47. The van der Waals surface area contributed by atoms with Crippen molar-refractivity contribution in [2.75, 3.05) is 0 Å². The van der Waals surface area contributed by atoms with E-state index in [1.54, 1.807) is 32.0 Å². The molecular weight excluding hydrogens is 330 g/mol. The Bertz CT molecular complexity index is 1040. The molecule has 2 aromatic heterocycles. The molecule has 0 spiro atoms. The second kappa shape index (κ2) is 5.72. The van der Waals surface area contributed by atoms with Crippen molar-refractivity contribution in [2.45, 2.75) is 30.1 Å². The number of aromatic carboxylic acids is 1. The van der Waals surface area contributed by atoms with Crippen LogP contribution < -0.4 is 0 Å². The number of benzene rings is 1. The van der Waals surface area contributed by atoms with Gasteiger partial charge in [-0.3, -0.25) is 0 Å². The fraction of sp³-hybridized carbons (Fsp3) is 0.188. The molecule has 24 heavy (non-hydrogen) atoms. The molecule has 7 nitrogen and oxygen atoms in total. The Balaban J connectivity index is 2.42. The molecule has 0 radical (unpaired) electrons. The summed E-state index contributed by atoms with van der Waals surface area (Å²) in [7, 11) is -3.86. The van der Waals surface area contributed by atoms with Gasteiger partial charge in [0.15, 0.2) is 11.3 Å². The van der Waals surface area contributed by atoms with Gasteiger partial charge in [-0.05, 0) is 31.5 Å². The maximum absolute atomic E-state index is 13.0. The lowest BCUT2D eigenvalue weighted by Gasteiger charge is -2.05. The van der Waals surface area contributed by atoms with Crippen LogP contribution in [0.25, 0.3) is 5.65 Å². The molecule has 0 aliphatic rings. The zero-order chi connectivity index (χ0) is 17.5. The topological polar surface area (TPSA) is 102 Å². The lowest BCUT2D eigenvalue weighted by molar-refractivity contribution is 0.0687. The van der Waals surface area contributed by atoms with Gasteiger partial charge in [-0.1, -0.05) is 25.1 Å². The van der Waals surface area contributed by atoms with E-state index >= 15 is 0 Å². The summed E-state index contributed by atoms with van der Waals surface area (Å²) in [4.78, 5) is 15.8. The van der Waals surface area contributed by atoms with Gasteiger partial charge in [-0.2, -0.15) is 5.10 Å². The highest BCUT2D eigenvalue weighted by Crippen LogP contribution is 2.28. The minimum atomic E-state index is -3.86. The number of rotatable bonds is 4. The van der Waals surface area contributed by atoms with Gasteiger partial charge in [0.1, 0.15) is 4.90 Å². The molecule has 3 aromatic rings. The molecule has 0 fully saturated rings. The number of sulfone groups is 1. The molecule has 1 aromatic carbocycles. The van der Waals surface area contributed by atoms with Crippen molar-refractivity contribution < 1.29 is 18.3 Å². The molecule has 0 saturated heterocycles. The molecule has 3 rings (SSSR count). The van der Waals surface area contributed by atoms with Crippen molar-refractivity contribution in [3.8, 4) is 0 Å². The summed E-state index contributed by atoms with van der Waals surface area (Å²) in [6.45, 7) is 3.38. The summed E-state index contributed by atoms with van der Waals surface area (Å²) >= 11 is 0. The molecule has 0 amide bonds. The lowest BCUT2D eigenvalue weighted by atomic mass is 10.3. The molecule has 0 bridgehead atoms. The quantitative estimate of drug-likeness (QED) is 0.777. The second-order valence-corrected chi connectivity index (χ2v) is 7.16. The van der Waals surface area contributed by atoms with Crippen LogP contribution in [0, 0.1) is 6.92 Å². The first-order valence-electron chi connectivity index (χ1n) is 7.29. The van der Waals surface area contributed by atoms with Crippen molar-refractivity contribution in [3.63, 3.8) is 0 Å². The van der Waals surface area contributed by atoms with E-state index in [-0.39, 0.29) is 21.1 Å². The van der Waals surface area contributed by atoms with E-state index in [0.717, 1.165) is 4.52 Å². The number of aromatic nitrogens is 3. The van der Waals surface area contributed by atoms with Crippen LogP contribution >= 0.6 is 0 Å². The summed E-state index contributed by atoms with van der Waals surface area (Å²) in [5.41, 5.74) is 0.612. The SMILES string of the molecule is CCc1nn2c(C(=O)O)cc(C)nc2c1S(=O)(=O)c1ccccc1. The van der Waals surface area contributed by atoms with Crippen molar-refractivity contribution in [1.29, 1.82) is 0 Å². The highest BCUT2D eigenvalue weighted by molar-refractivity contribution is 7.91. The normalized spacial score (nSPS) is 11.8. The van der Waals surface area contributed by atoms with Gasteiger partial charge in [0.2, 0.25) is 9.84 Å². The molecule has 1 N–H and O–H groups in total. The van der Waals surface area contributed by atoms with E-state index < -0.39 is 15.8 Å². The molecule has 8 heteroatoms. The van der Waals surface area contributed by atoms with Crippen LogP contribution in [0.4, 0.5) is 0 Å². The highest BCUT2D eigenvalue weighted by Gasteiger charge is 2.29. The van der Waals surface area contributed by atoms with E-state index in [1.165, 1.54) is 18.2 Å². The first kappa shape index (κ1) is 16.1. The molecule has 0 unspecified atom stereocenters. The molecule has 0 atom stereocenters. The maximum Gasteiger partial charge on any atom is 0.354 e. The Labute approximate surface area is 138 Å². The van der Waals surface area contributed by atoms with Gasteiger partial charge in [0, 0.05) is 5.69 Å². The Morgan fingerprint density at radius 1 is 1.25 bits per heavy atom. The van der Waals surface area contributed by atoms with E-state index in [9.17, 15) is 18.3 Å². The molecular formula is C16H15N3O4S. The molecule has 124 valence electrons. The van der Waals surface area contributed by atoms with Crippen molar-refractivity contribution in [1.82, 2.24) is 14.6 Å². The Hall–Kier alpha value is -2.74. The fourth-order valence-corrected chi connectivity index (χ4v) is 4.16. The van der Waals surface area contributed by atoms with Gasteiger partial charge in [0.05, 0.1) is 10.6 Å². The van der Waals surface area contributed by atoms with Crippen LogP contribution in [0.2, 0.25) is 0 Å². The number of aryl methyl sites for hydroxylation is 2. The third kappa shape index (κ3) is 2.44. The highest BCUT2D eigenvalue weighted by atomic mass is 32.2. The van der Waals surface area contributed by atoms with Crippen molar-refractivity contribution in [3.05, 3.63) is 53.5 Å². The monoisotopic (exact) mass is 345 g/mol. The molecule has 2 heterocycles. The molecule has 0 saturated carbocycles. The Morgan fingerprint density at radius 2 is 1.92 bits per heavy atom. The largest absolute Gasteiger partial charge is 0.477 e. The van der Waals surface area contributed by atoms with Gasteiger partial charge in [-0.15, -0.1) is 0 Å². The first-order chi connectivity index (χ1) is 11.4. The number of hydrogen-bond donors (Lipinski definition) is 1. The van der Waals surface area contributed by atoms with Crippen molar-refractivity contribution >= 4 is 21.5 Å². The van der Waals surface area contributed by atoms with Crippen LogP contribution in [0.5, 0.6) is 0 Å². The van der Waals surface area contributed by atoms with E-state index in [2.05, 4.69) is 10.1 Å². The van der Waals surface area contributed by atoms with Gasteiger partial charge in [0.25, 0.3) is 0 Å². The number of nitrogens with zero attached hydrogens (tertiary/aromatic N) is 3. The summed E-state index contributed by atoms with van der Waals surface area (Å²) in [6, 6.07) is 9.33. The Kier molecular flexibility index (Phi) is 3.84. The third-order valence-electron chi connectivity index (χ3n) is 3.62. The average Bonchev–Trinajstić information content (AvgIpc) is 2.93. The minimum Gasteiger partial charge on any atom is -0.477 e. The standard InChI is InChI=1S/C16H15N3O4S/c1-3-12-14(24(22,23)11-7-5-4-6-8-11)15-17-10(2)9-13(16(20)21)19(15)18-12/h4-9H,3H2,1-2H3,(H,20,21). The number of carboxylic acids is 1. The van der Waals surface area contributed by atoms with Gasteiger partial charge >= 0.3 is 5.97 Å².